The van der Waals surface area contributed by atoms with E-state index < -0.39 is 0 Å². The van der Waals surface area contributed by atoms with Crippen LogP contribution in [0.15, 0.2) is 91.5 Å². The minimum atomic E-state index is 0.839. The summed E-state index contributed by atoms with van der Waals surface area (Å²) < 4.78 is 2.28. The third kappa shape index (κ3) is 7.53. The first-order valence-corrected chi connectivity index (χ1v) is 12.0. The number of allylic oxidation sites excluding steroid dienone is 5. The molecular weight excluding hydrogens is 388 g/mol. The van der Waals surface area contributed by atoms with E-state index in [4.69, 9.17) is 4.98 Å². The monoisotopic (exact) mass is 430 g/mol. The zero-order valence-electron chi connectivity index (χ0n) is 21.4. The third-order valence-corrected chi connectivity index (χ3v) is 4.28. The van der Waals surface area contributed by atoms with E-state index in [0.717, 1.165) is 40.5 Å². The summed E-state index contributed by atoms with van der Waals surface area (Å²) in [6.45, 7) is 20.9. The lowest BCUT2D eigenvalue weighted by Crippen LogP contribution is -2.02. The molecule has 0 atom stereocenters. The molecule has 0 radical (unpaired) electrons. The van der Waals surface area contributed by atoms with Gasteiger partial charge in [-0.3, -0.25) is 0 Å². The maximum Gasteiger partial charge on any atom is 0.141 e. The molecule has 0 bridgehead atoms. The molecule has 0 fully saturated rings. The Morgan fingerprint density at radius 3 is 1.78 bits per heavy atom. The minimum Gasteiger partial charge on any atom is -0.324 e. The van der Waals surface area contributed by atoms with E-state index in [1.54, 1.807) is 0 Å². The molecule has 0 saturated carbocycles. The van der Waals surface area contributed by atoms with E-state index in [1.165, 1.54) is 0 Å². The molecule has 0 saturated heterocycles. The van der Waals surface area contributed by atoms with Crippen LogP contribution in [-0.2, 0) is 6.54 Å². The lowest BCUT2D eigenvalue weighted by Gasteiger charge is -2.12. The van der Waals surface area contributed by atoms with Crippen molar-refractivity contribution in [3.63, 3.8) is 0 Å². The summed E-state index contributed by atoms with van der Waals surface area (Å²) in [5, 5.41) is 0. The molecule has 0 unspecified atom stereocenters. The molecule has 1 heterocycles. The SMILES string of the molecule is C=C/C=C(\C=C/C)c1c(-c2ccccc2)nc(-c2ccccc2)n1CC.CC.CC.CC. The van der Waals surface area contributed by atoms with Crippen LogP contribution in [0.1, 0.15) is 61.1 Å². The zero-order chi connectivity index (χ0) is 24.4. The quantitative estimate of drug-likeness (QED) is 0.356. The average molecular weight is 431 g/mol. The summed E-state index contributed by atoms with van der Waals surface area (Å²) in [4.78, 5) is 5.06. The van der Waals surface area contributed by atoms with Crippen molar-refractivity contribution < 1.29 is 0 Å². The average Bonchev–Trinajstić information content (AvgIpc) is 3.28. The van der Waals surface area contributed by atoms with Crippen molar-refractivity contribution in [1.29, 1.82) is 0 Å². The Hall–Kier alpha value is -3.13. The second-order valence-electron chi connectivity index (χ2n) is 5.97. The van der Waals surface area contributed by atoms with Crippen molar-refractivity contribution in [2.45, 2.75) is 61.9 Å². The second kappa shape index (κ2) is 17.5. The molecule has 3 aromatic rings. The Kier molecular flexibility index (Phi) is 15.8. The standard InChI is InChI=1S/C24H24N2.3C2H6/c1-4-13-20(14-5-2)23-22(19-15-9-7-10-16-19)25-24(26(23)6-3)21-17-11-8-12-18-21;3*1-2/h4-5,7-18H,1,6H2,2-3H3;3*1-2H3/b14-5-,20-13+;;;. The van der Waals surface area contributed by atoms with Crippen molar-refractivity contribution in [2.75, 3.05) is 0 Å². The fraction of sp³-hybridized carbons (Fsp3) is 0.300. The van der Waals surface area contributed by atoms with Crippen LogP contribution in [0.25, 0.3) is 28.2 Å². The molecule has 0 aliphatic carbocycles. The summed E-state index contributed by atoms with van der Waals surface area (Å²) in [5.74, 6) is 0.987. The van der Waals surface area contributed by atoms with Gasteiger partial charge in [0.15, 0.2) is 0 Å². The largest absolute Gasteiger partial charge is 0.324 e. The van der Waals surface area contributed by atoms with E-state index in [2.05, 4.69) is 78.8 Å². The van der Waals surface area contributed by atoms with E-state index in [-0.39, 0.29) is 0 Å². The van der Waals surface area contributed by atoms with Crippen molar-refractivity contribution in [1.82, 2.24) is 9.55 Å². The van der Waals surface area contributed by atoms with Gasteiger partial charge >= 0.3 is 0 Å². The number of hydrogen-bond acceptors (Lipinski definition) is 1. The Labute approximate surface area is 197 Å². The number of rotatable bonds is 6. The molecule has 32 heavy (non-hydrogen) atoms. The predicted octanol–water partition coefficient (Wildman–Crippen LogP) is 9.46. The molecule has 0 amide bonds. The first-order valence-electron chi connectivity index (χ1n) is 12.0. The lowest BCUT2D eigenvalue weighted by atomic mass is 10.0. The Balaban J connectivity index is 0.00000148. The van der Waals surface area contributed by atoms with Crippen molar-refractivity contribution >= 4 is 5.57 Å². The van der Waals surface area contributed by atoms with Crippen LogP contribution in [0.2, 0.25) is 0 Å². The van der Waals surface area contributed by atoms with Gasteiger partial charge < -0.3 is 4.57 Å². The number of imidazole rings is 1. The highest BCUT2D eigenvalue weighted by atomic mass is 15.1. The second-order valence-corrected chi connectivity index (χ2v) is 5.97. The molecule has 0 N–H and O–H groups in total. The molecule has 172 valence electrons. The van der Waals surface area contributed by atoms with Crippen molar-refractivity contribution in [3.05, 3.63) is 97.2 Å². The molecule has 3 rings (SSSR count). The highest BCUT2D eigenvalue weighted by molar-refractivity contribution is 5.85. The molecule has 2 nitrogen and oxygen atoms in total. The van der Waals surface area contributed by atoms with Crippen LogP contribution in [0, 0.1) is 0 Å². The maximum atomic E-state index is 5.06. The van der Waals surface area contributed by atoms with Crippen LogP contribution in [0.4, 0.5) is 0 Å². The highest BCUT2D eigenvalue weighted by Crippen LogP contribution is 2.34. The summed E-state index contributed by atoms with van der Waals surface area (Å²) >= 11 is 0. The first kappa shape index (κ1) is 28.9. The van der Waals surface area contributed by atoms with Crippen molar-refractivity contribution in [3.8, 4) is 22.6 Å². The van der Waals surface area contributed by atoms with Gasteiger partial charge in [0.1, 0.15) is 5.82 Å². The number of hydrogen-bond donors (Lipinski definition) is 0. The highest BCUT2D eigenvalue weighted by Gasteiger charge is 2.20. The predicted molar refractivity (Wildman–Crippen MR) is 146 cm³/mol. The van der Waals surface area contributed by atoms with Gasteiger partial charge in [0.2, 0.25) is 0 Å². The molecule has 0 aliphatic rings. The van der Waals surface area contributed by atoms with E-state index in [0.29, 0.717) is 0 Å². The van der Waals surface area contributed by atoms with E-state index in [1.807, 2.05) is 72.8 Å². The maximum absolute atomic E-state index is 5.06. The van der Waals surface area contributed by atoms with Gasteiger partial charge in [-0.15, -0.1) is 0 Å². The molecular formula is C30H42N2. The summed E-state index contributed by atoms with van der Waals surface area (Å²) in [6, 6.07) is 20.7. The van der Waals surface area contributed by atoms with Crippen LogP contribution in [0.5, 0.6) is 0 Å². The fourth-order valence-corrected chi connectivity index (χ4v) is 3.18. The molecule has 0 spiro atoms. The van der Waals surface area contributed by atoms with Gasteiger partial charge in [-0.25, -0.2) is 4.98 Å². The van der Waals surface area contributed by atoms with Gasteiger partial charge in [-0.1, -0.05) is 133 Å². The van der Waals surface area contributed by atoms with E-state index >= 15 is 0 Å². The van der Waals surface area contributed by atoms with Gasteiger partial charge in [-0.05, 0) is 13.8 Å². The Morgan fingerprint density at radius 2 is 1.34 bits per heavy atom. The molecule has 2 heteroatoms. The minimum absolute atomic E-state index is 0.839. The Morgan fingerprint density at radius 1 is 0.844 bits per heavy atom. The topological polar surface area (TPSA) is 17.8 Å². The van der Waals surface area contributed by atoms with Crippen molar-refractivity contribution in [2.24, 2.45) is 0 Å². The van der Waals surface area contributed by atoms with Gasteiger partial charge in [0.25, 0.3) is 0 Å². The summed E-state index contributed by atoms with van der Waals surface area (Å²) in [7, 11) is 0. The van der Waals surface area contributed by atoms with Gasteiger partial charge in [0, 0.05) is 23.2 Å². The fourth-order valence-electron chi connectivity index (χ4n) is 3.18. The van der Waals surface area contributed by atoms with Crippen LogP contribution >= 0.6 is 0 Å². The van der Waals surface area contributed by atoms with Crippen LogP contribution in [-0.4, -0.2) is 9.55 Å². The first-order chi connectivity index (χ1) is 15.8. The summed E-state index contributed by atoms with van der Waals surface area (Å²) in [6.07, 6.45) is 8.05. The van der Waals surface area contributed by atoms with Gasteiger partial charge in [-0.2, -0.15) is 0 Å². The Bertz CT molecular complexity index is 930. The molecule has 1 aromatic heterocycles. The number of aromatic nitrogens is 2. The molecule has 0 aliphatic heterocycles. The van der Waals surface area contributed by atoms with E-state index in [9.17, 15) is 0 Å². The third-order valence-electron chi connectivity index (χ3n) is 4.28. The van der Waals surface area contributed by atoms with Gasteiger partial charge in [0.05, 0.1) is 11.4 Å². The normalized spacial score (nSPS) is 10.2. The summed E-state index contributed by atoms with van der Waals surface area (Å²) in [5.41, 5.74) is 5.47. The number of benzene rings is 2. The smallest absolute Gasteiger partial charge is 0.141 e. The molecule has 2 aromatic carbocycles. The zero-order valence-corrected chi connectivity index (χ0v) is 21.4. The lowest BCUT2D eigenvalue weighted by molar-refractivity contribution is 0.761. The van der Waals surface area contributed by atoms with Crippen LogP contribution in [0.3, 0.4) is 0 Å². The number of nitrogens with zero attached hydrogens (tertiary/aromatic N) is 2. The van der Waals surface area contributed by atoms with Crippen LogP contribution < -0.4 is 0 Å².